The van der Waals surface area contributed by atoms with Crippen molar-refractivity contribution < 1.29 is 0 Å². The highest BCUT2D eigenvalue weighted by molar-refractivity contribution is 5.92. The molecule has 9 heteroatoms. The number of benzene rings is 2. The first-order valence-electron chi connectivity index (χ1n) is 14.1. The molecule has 1 aliphatic rings. The number of nitrogens with zero attached hydrogens (tertiary/aromatic N) is 7. The third-order valence-corrected chi connectivity index (χ3v) is 7.53. The first-order valence-corrected chi connectivity index (χ1v) is 14.1. The fraction of sp³-hybridized carbons (Fsp3) is 0.323. The monoisotopic (exact) mass is 533 g/mol. The van der Waals surface area contributed by atoms with Crippen LogP contribution < -0.4 is 20.4 Å². The second-order valence-electron chi connectivity index (χ2n) is 10.1. The lowest BCUT2D eigenvalue weighted by atomic mass is 10.1. The van der Waals surface area contributed by atoms with Gasteiger partial charge in [0, 0.05) is 73.8 Å². The molecule has 0 atom stereocenters. The quantitative estimate of drug-likeness (QED) is 0.236. The Morgan fingerprint density at radius 1 is 0.675 bits per heavy atom. The van der Waals surface area contributed by atoms with E-state index in [2.05, 4.69) is 88.7 Å². The summed E-state index contributed by atoms with van der Waals surface area (Å²) < 4.78 is 0. The molecule has 0 bridgehead atoms. The zero-order chi connectivity index (χ0) is 27.1. The van der Waals surface area contributed by atoms with Gasteiger partial charge in [-0.2, -0.15) is 0 Å². The molecule has 1 aliphatic heterocycles. The Balaban J connectivity index is 1.10. The molecule has 4 heterocycles. The molecule has 5 aromatic rings. The van der Waals surface area contributed by atoms with Crippen molar-refractivity contribution >= 4 is 44.8 Å². The van der Waals surface area contributed by atoms with Gasteiger partial charge < -0.3 is 20.4 Å². The average molecular weight is 534 g/mol. The van der Waals surface area contributed by atoms with Crippen LogP contribution >= 0.6 is 0 Å². The van der Waals surface area contributed by atoms with Crippen LogP contribution in [0.25, 0.3) is 21.8 Å². The summed E-state index contributed by atoms with van der Waals surface area (Å²) in [5.74, 6) is 1.79. The minimum atomic E-state index is 0.803. The maximum absolute atomic E-state index is 4.57. The van der Waals surface area contributed by atoms with Crippen molar-refractivity contribution in [3.63, 3.8) is 0 Å². The Labute approximate surface area is 234 Å². The second-order valence-corrected chi connectivity index (χ2v) is 10.1. The number of anilines is 4. The number of unbranched alkanes of at least 4 members (excludes halogenated alkanes) is 1. The van der Waals surface area contributed by atoms with E-state index in [1.165, 1.54) is 16.9 Å². The molecule has 1 fully saturated rings. The van der Waals surface area contributed by atoms with Crippen LogP contribution in [0.1, 0.15) is 25.3 Å². The van der Waals surface area contributed by atoms with Gasteiger partial charge in [0.1, 0.15) is 24.3 Å². The van der Waals surface area contributed by atoms with E-state index in [0.29, 0.717) is 0 Å². The molecule has 6 rings (SSSR count). The van der Waals surface area contributed by atoms with Crippen LogP contribution in [-0.4, -0.2) is 64.2 Å². The molecular weight excluding hydrogens is 498 g/mol. The van der Waals surface area contributed by atoms with E-state index in [9.17, 15) is 0 Å². The zero-order valence-corrected chi connectivity index (χ0v) is 22.9. The Kier molecular flexibility index (Phi) is 7.79. The maximum Gasteiger partial charge on any atom is 0.137 e. The summed E-state index contributed by atoms with van der Waals surface area (Å²) in [6, 6.07) is 17.1. The van der Waals surface area contributed by atoms with Gasteiger partial charge in [-0.25, -0.2) is 19.9 Å². The van der Waals surface area contributed by atoms with E-state index >= 15 is 0 Å². The molecule has 0 aliphatic carbocycles. The predicted molar refractivity (Wildman–Crippen MR) is 163 cm³/mol. The van der Waals surface area contributed by atoms with Gasteiger partial charge in [0.2, 0.25) is 0 Å². The van der Waals surface area contributed by atoms with E-state index in [4.69, 9.17) is 0 Å². The highest BCUT2D eigenvalue weighted by atomic mass is 15.3. The van der Waals surface area contributed by atoms with Crippen molar-refractivity contribution in [2.24, 2.45) is 0 Å². The Hall–Kier alpha value is -4.53. The molecule has 0 amide bonds. The van der Waals surface area contributed by atoms with Gasteiger partial charge in [0.05, 0.1) is 11.0 Å². The van der Waals surface area contributed by atoms with Crippen LogP contribution in [0.4, 0.5) is 23.0 Å². The third kappa shape index (κ3) is 5.73. The van der Waals surface area contributed by atoms with Crippen LogP contribution in [0, 0.1) is 0 Å². The minimum Gasteiger partial charge on any atom is -0.369 e. The number of piperazine rings is 1. The second kappa shape index (κ2) is 12.1. The van der Waals surface area contributed by atoms with Crippen LogP contribution in [0.5, 0.6) is 0 Å². The van der Waals surface area contributed by atoms with Crippen molar-refractivity contribution in [1.29, 1.82) is 0 Å². The summed E-state index contributed by atoms with van der Waals surface area (Å²) in [6.45, 7) is 7.71. The van der Waals surface area contributed by atoms with Crippen LogP contribution in [0.2, 0.25) is 0 Å². The predicted octanol–water partition coefficient (Wildman–Crippen LogP) is 5.16. The smallest absolute Gasteiger partial charge is 0.137 e. The van der Waals surface area contributed by atoms with Gasteiger partial charge in [-0.15, -0.1) is 0 Å². The molecule has 1 saturated heterocycles. The van der Waals surface area contributed by atoms with Crippen molar-refractivity contribution in [2.75, 3.05) is 59.7 Å². The highest BCUT2D eigenvalue weighted by Crippen LogP contribution is 2.28. The van der Waals surface area contributed by atoms with Gasteiger partial charge in [0.25, 0.3) is 0 Å². The fourth-order valence-electron chi connectivity index (χ4n) is 5.25. The van der Waals surface area contributed by atoms with Gasteiger partial charge in [-0.3, -0.25) is 4.98 Å². The Bertz CT molecular complexity index is 1570. The van der Waals surface area contributed by atoms with E-state index < -0.39 is 0 Å². The SMILES string of the molecule is CCCCNc1ncnc2cc(N3CCN(c4ccc5c(NCCc6ccncc6)ncnc5c4)CC3)ccc12. The van der Waals surface area contributed by atoms with E-state index in [1.54, 1.807) is 12.7 Å². The number of fused-ring (bicyclic) bond motifs is 2. The van der Waals surface area contributed by atoms with Crippen molar-refractivity contribution in [2.45, 2.75) is 26.2 Å². The Morgan fingerprint density at radius 3 is 1.77 bits per heavy atom. The molecule has 0 radical (unpaired) electrons. The van der Waals surface area contributed by atoms with Crippen LogP contribution in [0.3, 0.4) is 0 Å². The molecule has 40 heavy (non-hydrogen) atoms. The number of pyridine rings is 1. The highest BCUT2D eigenvalue weighted by Gasteiger charge is 2.19. The van der Waals surface area contributed by atoms with Gasteiger partial charge in [0.15, 0.2) is 0 Å². The Morgan fingerprint density at radius 2 is 1.23 bits per heavy atom. The zero-order valence-electron chi connectivity index (χ0n) is 22.9. The number of hydrogen-bond acceptors (Lipinski definition) is 9. The average Bonchev–Trinajstić information content (AvgIpc) is 3.01. The molecule has 204 valence electrons. The van der Waals surface area contributed by atoms with E-state index in [1.807, 2.05) is 24.5 Å². The molecule has 9 nitrogen and oxygen atoms in total. The number of rotatable bonds is 10. The first kappa shape index (κ1) is 25.7. The van der Waals surface area contributed by atoms with Crippen molar-refractivity contribution in [3.05, 3.63) is 79.1 Å². The summed E-state index contributed by atoms with van der Waals surface area (Å²) in [7, 11) is 0. The number of hydrogen-bond donors (Lipinski definition) is 2. The molecule has 3 aromatic heterocycles. The number of nitrogens with one attached hydrogen (secondary N) is 2. The molecule has 0 saturated carbocycles. The van der Waals surface area contributed by atoms with Crippen LogP contribution in [-0.2, 0) is 6.42 Å². The topological polar surface area (TPSA) is 95.0 Å². The van der Waals surface area contributed by atoms with Gasteiger partial charge in [-0.1, -0.05) is 13.3 Å². The normalized spacial score (nSPS) is 13.6. The molecule has 0 unspecified atom stereocenters. The molecular formula is C31H35N9. The largest absolute Gasteiger partial charge is 0.369 e. The van der Waals surface area contributed by atoms with Gasteiger partial charge in [-0.05, 0) is 66.9 Å². The fourth-order valence-corrected chi connectivity index (χ4v) is 5.25. The summed E-state index contributed by atoms with van der Waals surface area (Å²) in [6.07, 6.45) is 10.2. The lowest BCUT2D eigenvalue weighted by molar-refractivity contribution is 0.654. The third-order valence-electron chi connectivity index (χ3n) is 7.53. The molecule has 2 aromatic carbocycles. The lowest BCUT2D eigenvalue weighted by Crippen LogP contribution is -2.46. The summed E-state index contributed by atoms with van der Waals surface area (Å²) >= 11 is 0. The molecule has 0 spiro atoms. The summed E-state index contributed by atoms with van der Waals surface area (Å²) in [4.78, 5) is 27.1. The van der Waals surface area contributed by atoms with Crippen LogP contribution in [0.15, 0.2) is 73.6 Å². The van der Waals surface area contributed by atoms with E-state index in [-0.39, 0.29) is 0 Å². The minimum absolute atomic E-state index is 0.803. The standard InChI is InChI=1S/C31H35N9/c1-2-3-11-33-30-26-6-4-24(19-28(26)35-21-37-30)39-15-17-40(18-16-39)25-5-7-27-29(20-25)36-22-38-31(27)34-14-10-23-8-12-32-13-9-23/h4-9,12-13,19-22H,2-3,10-11,14-18H2,1H3,(H,33,35,37)(H,34,36,38). The summed E-state index contributed by atoms with van der Waals surface area (Å²) in [5.41, 5.74) is 5.59. The van der Waals surface area contributed by atoms with Crippen molar-refractivity contribution in [1.82, 2.24) is 24.9 Å². The van der Waals surface area contributed by atoms with Crippen molar-refractivity contribution in [3.8, 4) is 0 Å². The lowest BCUT2D eigenvalue weighted by Gasteiger charge is -2.37. The number of aromatic nitrogens is 5. The summed E-state index contributed by atoms with van der Waals surface area (Å²) in [5, 5.41) is 9.06. The van der Waals surface area contributed by atoms with Gasteiger partial charge >= 0.3 is 0 Å². The molecule has 2 N–H and O–H groups in total. The van der Waals surface area contributed by atoms with E-state index in [0.717, 1.165) is 92.0 Å². The first-order chi connectivity index (χ1) is 19.8. The maximum atomic E-state index is 4.57.